The Balaban J connectivity index is 1.64. The molecule has 1 aliphatic heterocycles. The molecule has 1 aromatic heterocycles. The quantitative estimate of drug-likeness (QED) is 0.799. The highest BCUT2D eigenvalue weighted by atomic mass is 16.2. The summed E-state index contributed by atoms with van der Waals surface area (Å²) in [7, 11) is 0. The number of fused-ring (bicyclic) bond motifs is 1. The smallest absolute Gasteiger partial charge is 0.297 e. The average molecular weight is 382 g/mol. The second-order valence-electron chi connectivity index (χ2n) is 8.32. The maximum absolute atomic E-state index is 13.3. The lowest BCUT2D eigenvalue weighted by molar-refractivity contribution is 0.233. The van der Waals surface area contributed by atoms with Crippen LogP contribution < -0.4 is 11.2 Å². The first-order valence-electron chi connectivity index (χ1n) is 10.8. The zero-order valence-electron chi connectivity index (χ0n) is 16.9. The van der Waals surface area contributed by atoms with Gasteiger partial charge in [0.2, 0.25) is 0 Å². The molecule has 0 unspecified atom stereocenters. The van der Waals surface area contributed by atoms with E-state index >= 15 is 0 Å². The molecule has 1 saturated carbocycles. The van der Waals surface area contributed by atoms with Gasteiger partial charge in [0.25, 0.3) is 5.56 Å². The molecule has 2 heterocycles. The first-order chi connectivity index (χ1) is 13.7. The van der Waals surface area contributed by atoms with Crippen LogP contribution in [0.1, 0.15) is 55.8 Å². The van der Waals surface area contributed by atoms with E-state index < -0.39 is 0 Å². The molecule has 0 N–H and O–H groups in total. The van der Waals surface area contributed by atoms with E-state index in [0.29, 0.717) is 25.6 Å². The molecule has 4 rings (SSSR count). The molecule has 28 heavy (non-hydrogen) atoms. The fourth-order valence-corrected chi connectivity index (χ4v) is 4.90. The summed E-state index contributed by atoms with van der Waals surface area (Å²) in [5, 5.41) is 0. The highest BCUT2D eigenvalue weighted by molar-refractivity contribution is 5.23. The Bertz CT molecular complexity index is 923. The van der Waals surface area contributed by atoms with Crippen LogP contribution in [0.5, 0.6) is 0 Å². The minimum atomic E-state index is -0.103. The van der Waals surface area contributed by atoms with Crippen LogP contribution >= 0.6 is 0 Å². The molecule has 5 nitrogen and oxygen atoms in total. The summed E-state index contributed by atoms with van der Waals surface area (Å²) in [6, 6.07) is 10.4. The minimum Gasteiger partial charge on any atom is -0.297 e. The van der Waals surface area contributed by atoms with Crippen molar-refractivity contribution >= 4 is 0 Å². The molecule has 0 radical (unpaired) electrons. The summed E-state index contributed by atoms with van der Waals surface area (Å²) in [6.45, 7) is 5.58. The zero-order valence-corrected chi connectivity index (χ0v) is 16.9. The second kappa shape index (κ2) is 8.48. The Morgan fingerprint density at radius 2 is 1.75 bits per heavy atom. The summed E-state index contributed by atoms with van der Waals surface area (Å²) < 4.78 is 3.39. The molecule has 1 fully saturated rings. The van der Waals surface area contributed by atoms with Gasteiger partial charge in [0, 0.05) is 44.8 Å². The van der Waals surface area contributed by atoms with E-state index in [-0.39, 0.29) is 11.2 Å². The lowest BCUT2D eigenvalue weighted by Crippen LogP contribution is -2.48. The maximum atomic E-state index is 13.3. The molecule has 0 amide bonds. The van der Waals surface area contributed by atoms with E-state index in [1.807, 2.05) is 17.6 Å². The number of benzene rings is 1. The maximum Gasteiger partial charge on any atom is 0.331 e. The predicted octanol–water partition coefficient (Wildman–Crippen LogP) is 3.17. The summed E-state index contributed by atoms with van der Waals surface area (Å²) >= 11 is 0. The van der Waals surface area contributed by atoms with Crippen molar-refractivity contribution in [1.82, 2.24) is 14.0 Å². The Hall–Kier alpha value is -2.14. The molecular formula is C23H31N3O2. The zero-order chi connectivity index (χ0) is 19.5. The Labute approximate surface area is 166 Å². The van der Waals surface area contributed by atoms with E-state index in [1.165, 1.54) is 24.8 Å². The SMILES string of the molecule is CCn1c2c(c(=O)n(CC3CCCCC3)c1=O)CN(Cc1ccccc1)CC2. The fourth-order valence-electron chi connectivity index (χ4n) is 4.90. The number of hydrogen-bond acceptors (Lipinski definition) is 3. The van der Waals surface area contributed by atoms with Crippen LogP contribution in [0.4, 0.5) is 0 Å². The van der Waals surface area contributed by atoms with Gasteiger partial charge in [0.15, 0.2) is 0 Å². The topological polar surface area (TPSA) is 47.2 Å². The van der Waals surface area contributed by atoms with Gasteiger partial charge in [0.1, 0.15) is 0 Å². The van der Waals surface area contributed by atoms with Crippen LogP contribution in [0, 0.1) is 5.92 Å². The molecule has 2 aliphatic rings. The van der Waals surface area contributed by atoms with Gasteiger partial charge in [0.05, 0.1) is 5.56 Å². The molecule has 2 aromatic rings. The Morgan fingerprint density at radius 1 is 1.00 bits per heavy atom. The molecular weight excluding hydrogens is 350 g/mol. The second-order valence-corrected chi connectivity index (χ2v) is 8.32. The van der Waals surface area contributed by atoms with Crippen LogP contribution in [0.2, 0.25) is 0 Å². The summed E-state index contributed by atoms with van der Waals surface area (Å²) in [5.74, 6) is 0.464. The van der Waals surface area contributed by atoms with Crippen LogP contribution in [0.3, 0.4) is 0 Å². The van der Waals surface area contributed by atoms with Crippen molar-refractivity contribution < 1.29 is 0 Å². The van der Waals surface area contributed by atoms with Gasteiger partial charge in [-0.3, -0.25) is 18.8 Å². The van der Waals surface area contributed by atoms with Crippen LogP contribution in [0.15, 0.2) is 39.9 Å². The third-order valence-electron chi connectivity index (χ3n) is 6.42. The summed E-state index contributed by atoms with van der Waals surface area (Å²) in [4.78, 5) is 28.7. The van der Waals surface area contributed by atoms with Gasteiger partial charge < -0.3 is 0 Å². The largest absolute Gasteiger partial charge is 0.331 e. The van der Waals surface area contributed by atoms with E-state index in [2.05, 4.69) is 29.2 Å². The van der Waals surface area contributed by atoms with Gasteiger partial charge in [-0.05, 0) is 31.2 Å². The van der Waals surface area contributed by atoms with E-state index in [4.69, 9.17) is 0 Å². The van der Waals surface area contributed by atoms with E-state index in [9.17, 15) is 9.59 Å². The van der Waals surface area contributed by atoms with E-state index in [1.54, 1.807) is 4.57 Å². The highest BCUT2D eigenvalue weighted by Gasteiger charge is 2.26. The van der Waals surface area contributed by atoms with Crippen molar-refractivity contribution in [1.29, 1.82) is 0 Å². The van der Waals surface area contributed by atoms with Gasteiger partial charge in [-0.25, -0.2) is 4.79 Å². The molecule has 0 atom stereocenters. The lowest BCUT2D eigenvalue weighted by atomic mass is 9.89. The van der Waals surface area contributed by atoms with E-state index in [0.717, 1.165) is 43.6 Å². The molecule has 1 aromatic carbocycles. The van der Waals surface area contributed by atoms with Gasteiger partial charge in [-0.15, -0.1) is 0 Å². The number of nitrogens with zero attached hydrogens (tertiary/aromatic N) is 3. The highest BCUT2D eigenvalue weighted by Crippen LogP contribution is 2.24. The lowest BCUT2D eigenvalue weighted by Gasteiger charge is -2.31. The van der Waals surface area contributed by atoms with Crippen LogP contribution in [-0.2, 0) is 32.6 Å². The monoisotopic (exact) mass is 381 g/mol. The molecule has 150 valence electrons. The molecule has 0 spiro atoms. The van der Waals surface area contributed by atoms with Crippen molar-refractivity contribution in [2.45, 2.75) is 71.6 Å². The van der Waals surface area contributed by atoms with Gasteiger partial charge in [-0.1, -0.05) is 49.6 Å². The fraction of sp³-hybridized carbons (Fsp3) is 0.565. The van der Waals surface area contributed by atoms with Crippen molar-refractivity contribution in [2.24, 2.45) is 5.92 Å². The molecule has 0 saturated heterocycles. The number of aromatic nitrogens is 2. The van der Waals surface area contributed by atoms with Crippen molar-refractivity contribution in [3.05, 3.63) is 68.0 Å². The van der Waals surface area contributed by atoms with Crippen LogP contribution in [-0.4, -0.2) is 20.6 Å². The predicted molar refractivity (Wildman–Crippen MR) is 111 cm³/mol. The first kappa shape index (κ1) is 19.2. The number of hydrogen-bond donors (Lipinski definition) is 0. The van der Waals surface area contributed by atoms with Gasteiger partial charge in [-0.2, -0.15) is 0 Å². The van der Waals surface area contributed by atoms with Crippen molar-refractivity contribution in [3.63, 3.8) is 0 Å². The molecule has 0 bridgehead atoms. The minimum absolute atomic E-state index is 0.0481. The third kappa shape index (κ3) is 3.86. The van der Waals surface area contributed by atoms with Crippen molar-refractivity contribution in [2.75, 3.05) is 6.54 Å². The Morgan fingerprint density at radius 3 is 2.46 bits per heavy atom. The van der Waals surface area contributed by atoms with Crippen molar-refractivity contribution in [3.8, 4) is 0 Å². The average Bonchev–Trinajstić information content (AvgIpc) is 2.73. The normalized spacial score (nSPS) is 18.2. The third-order valence-corrected chi connectivity index (χ3v) is 6.42. The summed E-state index contributed by atoms with van der Waals surface area (Å²) in [5.41, 5.74) is 2.90. The van der Waals surface area contributed by atoms with Gasteiger partial charge >= 0.3 is 5.69 Å². The summed E-state index contributed by atoms with van der Waals surface area (Å²) in [6.07, 6.45) is 6.76. The molecule has 1 aliphatic carbocycles. The number of rotatable bonds is 5. The van der Waals surface area contributed by atoms with Crippen LogP contribution in [0.25, 0.3) is 0 Å². The Kier molecular flexibility index (Phi) is 5.81. The first-order valence-corrected chi connectivity index (χ1v) is 10.8. The molecule has 5 heteroatoms. The standard InChI is InChI=1S/C23H31N3O2/c1-2-25-21-13-14-24(15-18-9-5-3-6-10-18)17-20(21)22(27)26(23(25)28)16-19-11-7-4-8-12-19/h3,5-6,9-10,19H,2,4,7-8,11-17H2,1H3.